The van der Waals surface area contributed by atoms with Gasteiger partial charge in [0.15, 0.2) is 0 Å². The number of rotatable bonds is 4. The number of aromatic nitrogens is 2. The molecular formula is C20H20N2O3S. The molecule has 0 atom stereocenters. The second kappa shape index (κ2) is 6.36. The standard InChI is InChI=1S/C20H20N2O3S/c1-11(2)17-21-18-16(14-7-4-8-15(14)26-18)19(23)22(17)10-12-5-3-6-13(9-12)20(24)25/h3,5-6,9,11H,4,7-8,10H2,1-2H3,(H,24,25). The Bertz CT molecular complexity index is 1080. The number of carboxylic acids is 1. The van der Waals surface area contributed by atoms with Crippen LogP contribution in [0.25, 0.3) is 10.2 Å². The molecule has 1 aliphatic carbocycles. The second-order valence-corrected chi connectivity index (χ2v) is 8.14. The van der Waals surface area contributed by atoms with Gasteiger partial charge in [-0.25, -0.2) is 9.78 Å². The third-order valence-electron chi connectivity index (χ3n) is 4.89. The van der Waals surface area contributed by atoms with Crippen molar-refractivity contribution >= 4 is 27.5 Å². The fourth-order valence-electron chi connectivity index (χ4n) is 3.67. The fraction of sp³-hybridized carbons (Fsp3) is 0.350. The van der Waals surface area contributed by atoms with Gasteiger partial charge in [-0.05, 0) is 42.5 Å². The summed E-state index contributed by atoms with van der Waals surface area (Å²) in [6, 6.07) is 6.75. The molecule has 6 heteroatoms. The summed E-state index contributed by atoms with van der Waals surface area (Å²) in [6.07, 6.45) is 3.08. The number of aromatic carboxylic acids is 1. The van der Waals surface area contributed by atoms with E-state index in [0.717, 1.165) is 40.9 Å². The van der Waals surface area contributed by atoms with Gasteiger partial charge in [0, 0.05) is 10.8 Å². The number of carboxylic acid groups (broad SMARTS) is 1. The first-order chi connectivity index (χ1) is 12.5. The molecule has 0 radical (unpaired) electrons. The van der Waals surface area contributed by atoms with Crippen LogP contribution in [0.1, 0.15) is 58.4 Å². The van der Waals surface area contributed by atoms with E-state index in [-0.39, 0.29) is 17.0 Å². The Labute approximate surface area is 154 Å². The molecule has 1 aliphatic rings. The van der Waals surface area contributed by atoms with E-state index in [1.165, 1.54) is 10.4 Å². The Kier molecular flexibility index (Phi) is 4.15. The molecule has 0 fully saturated rings. The summed E-state index contributed by atoms with van der Waals surface area (Å²) < 4.78 is 1.72. The Balaban J connectivity index is 1.89. The molecule has 0 unspecified atom stereocenters. The first-order valence-electron chi connectivity index (χ1n) is 8.83. The molecule has 0 saturated heterocycles. The minimum atomic E-state index is -0.965. The fourth-order valence-corrected chi connectivity index (χ4v) is 4.93. The number of hydrogen-bond acceptors (Lipinski definition) is 4. The molecule has 3 aromatic rings. The normalized spacial score (nSPS) is 13.5. The lowest BCUT2D eigenvalue weighted by Gasteiger charge is -2.15. The lowest BCUT2D eigenvalue weighted by molar-refractivity contribution is 0.0696. The maximum absolute atomic E-state index is 13.3. The van der Waals surface area contributed by atoms with Crippen molar-refractivity contribution in [3.63, 3.8) is 0 Å². The Morgan fingerprint density at radius 2 is 2.15 bits per heavy atom. The topological polar surface area (TPSA) is 72.2 Å². The van der Waals surface area contributed by atoms with Gasteiger partial charge in [0.2, 0.25) is 0 Å². The van der Waals surface area contributed by atoms with Gasteiger partial charge in [-0.15, -0.1) is 11.3 Å². The molecule has 1 N–H and O–H groups in total. The number of carbonyl (C=O) groups is 1. The van der Waals surface area contributed by atoms with Gasteiger partial charge in [-0.2, -0.15) is 0 Å². The van der Waals surface area contributed by atoms with E-state index in [2.05, 4.69) is 0 Å². The average Bonchev–Trinajstić information content (AvgIpc) is 3.17. The van der Waals surface area contributed by atoms with E-state index < -0.39 is 5.97 Å². The van der Waals surface area contributed by atoms with Crippen LogP contribution in [-0.2, 0) is 19.4 Å². The largest absolute Gasteiger partial charge is 0.478 e. The molecule has 134 valence electrons. The predicted octanol–water partition coefficient (Wildman–Crippen LogP) is 3.82. The maximum Gasteiger partial charge on any atom is 0.335 e. The van der Waals surface area contributed by atoms with Crippen molar-refractivity contribution in [3.05, 3.63) is 62.0 Å². The van der Waals surface area contributed by atoms with Crippen molar-refractivity contribution in [3.8, 4) is 0 Å². The van der Waals surface area contributed by atoms with Gasteiger partial charge < -0.3 is 5.11 Å². The van der Waals surface area contributed by atoms with Crippen molar-refractivity contribution in [2.75, 3.05) is 0 Å². The van der Waals surface area contributed by atoms with Crippen LogP contribution in [0.4, 0.5) is 0 Å². The number of fused-ring (bicyclic) bond motifs is 3. The van der Waals surface area contributed by atoms with E-state index in [4.69, 9.17) is 4.98 Å². The summed E-state index contributed by atoms with van der Waals surface area (Å²) in [5, 5.41) is 9.98. The van der Waals surface area contributed by atoms with Crippen LogP contribution in [0.5, 0.6) is 0 Å². The molecule has 0 aliphatic heterocycles. The number of thiophene rings is 1. The zero-order chi connectivity index (χ0) is 18.4. The molecule has 0 amide bonds. The van der Waals surface area contributed by atoms with Gasteiger partial charge in [0.05, 0.1) is 17.5 Å². The van der Waals surface area contributed by atoms with Crippen molar-refractivity contribution in [2.45, 2.75) is 45.6 Å². The molecule has 0 spiro atoms. The van der Waals surface area contributed by atoms with E-state index in [0.29, 0.717) is 6.54 Å². The summed E-state index contributed by atoms with van der Waals surface area (Å²) in [5.74, 6) is -0.109. The number of benzene rings is 1. The highest BCUT2D eigenvalue weighted by atomic mass is 32.1. The minimum Gasteiger partial charge on any atom is -0.478 e. The smallest absolute Gasteiger partial charge is 0.335 e. The molecule has 4 rings (SSSR count). The molecular weight excluding hydrogens is 348 g/mol. The monoisotopic (exact) mass is 368 g/mol. The quantitative estimate of drug-likeness (QED) is 0.760. The zero-order valence-corrected chi connectivity index (χ0v) is 15.6. The molecule has 2 heterocycles. The Hall–Kier alpha value is -2.47. The number of nitrogens with zero attached hydrogens (tertiary/aromatic N) is 2. The lowest BCUT2D eigenvalue weighted by atomic mass is 10.1. The van der Waals surface area contributed by atoms with E-state index in [1.807, 2.05) is 19.9 Å². The predicted molar refractivity (Wildman–Crippen MR) is 102 cm³/mol. The summed E-state index contributed by atoms with van der Waals surface area (Å²) in [6.45, 7) is 4.39. The first-order valence-corrected chi connectivity index (χ1v) is 9.64. The van der Waals surface area contributed by atoms with Crippen molar-refractivity contribution < 1.29 is 9.90 Å². The van der Waals surface area contributed by atoms with Crippen LogP contribution >= 0.6 is 11.3 Å². The summed E-state index contributed by atoms with van der Waals surface area (Å²) in [7, 11) is 0. The van der Waals surface area contributed by atoms with E-state index >= 15 is 0 Å². The van der Waals surface area contributed by atoms with Crippen LogP contribution in [0.3, 0.4) is 0 Å². The van der Waals surface area contributed by atoms with Crippen LogP contribution in [0.15, 0.2) is 29.1 Å². The van der Waals surface area contributed by atoms with Crippen molar-refractivity contribution in [2.24, 2.45) is 0 Å². The van der Waals surface area contributed by atoms with Crippen LogP contribution < -0.4 is 5.56 Å². The highest BCUT2D eigenvalue weighted by Crippen LogP contribution is 2.35. The van der Waals surface area contributed by atoms with Crippen molar-refractivity contribution in [1.82, 2.24) is 9.55 Å². The summed E-state index contributed by atoms with van der Waals surface area (Å²) in [5.41, 5.74) is 2.19. The molecule has 5 nitrogen and oxygen atoms in total. The SMILES string of the molecule is CC(C)c1nc2sc3c(c2c(=O)n1Cc1cccc(C(=O)O)c1)CCC3. The minimum absolute atomic E-state index is 0.00109. The molecule has 2 aromatic heterocycles. The number of aryl methyl sites for hydroxylation is 2. The highest BCUT2D eigenvalue weighted by Gasteiger charge is 2.24. The zero-order valence-electron chi connectivity index (χ0n) is 14.8. The van der Waals surface area contributed by atoms with Crippen LogP contribution in [-0.4, -0.2) is 20.6 Å². The first kappa shape index (κ1) is 17.0. The second-order valence-electron chi connectivity index (χ2n) is 7.06. The third-order valence-corrected chi connectivity index (χ3v) is 6.07. The lowest BCUT2D eigenvalue weighted by Crippen LogP contribution is -2.26. The highest BCUT2D eigenvalue weighted by molar-refractivity contribution is 7.18. The van der Waals surface area contributed by atoms with E-state index in [1.54, 1.807) is 34.1 Å². The van der Waals surface area contributed by atoms with Gasteiger partial charge in [0.25, 0.3) is 5.56 Å². The van der Waals surface area contributed by atoms with Gasteiger partial charge >= 0.3 is 5.97 Å². The average molecular weight is 368 g/mol. The van der Waals surface area contributed by atoms with Gasteiger partial charge in [-0.3, -0.25) is 9.36 Å². The Morgan fingerprint density at radius 1 is 1.35 bits per heavy atom. The Morgan fingerprint density at radius 3 is 2.88 bits per heavy atom. The molecule has 0 saturated carbocycles. The third kappa shape index (κ3) is 2.74. The summed E-state index contributed by atoms with van der Waals surface area (Å²) in [4.78, 5) is 31.5. The van der Waals surface area contributed by atoms with Crippen LogP contribution in [0.2, 0.25) is 0 Å². The van der Waals surface area contributed by atoms with Crippen LogP contribution in [0, 0.1) is 0 Å². The van der Waals surface area contributed by atoms with E-state index in [9.17, 15) is 14.7 Å². The number of hydrogen-bond donors (Lipinski definition) is 1. The molecule has 26 heavy (non-hydrogen) atoms. The molecule has 1 aromatic carbocycles. The van der Waals surface area contributed by atoms with Crippen molar-refractivity contribution in [1.29, 1.82) is 0 Å². The van der Waals surface area contributed by atoms with Gasteiger partial charge in [0.1, 0.15) is 10.7 Å². The maximum atomic E-state index is 13.3. The summed E-state index contributed by atoms with van der Waals surface area (Å²) >= 11 is 1.65. The van der Waals surface area contributed by atoms with Gasteiger partial charge in [-0.1, -0.05) is 26.0 Å². The molecule has 0 bridgehead atoms.